The van der Waals surface area contributed by atoms with Gasteiger partial charge in [-0.05, 0) is 13.0 Å². The molecular formula is C7H14BO5P. The van der Waals surface area contributed by atoms with Crippen molar-refractivity contribution in [3.8, 4) is 0 Å². The van der Waals surface area contributed by atoms with Crippen molar-refractivity contribution < 1.29 is 24.2 Å². The lowest BCUT2D eigenvalue weighted by molar-refractivity contribution is 0.0144. The van der Waals surface area contributed by atoms with E-state index in [9.17, 15) is 9.67 Å². The third kappa shape index (κ3) is 3.22. The van der Waals surface area contributed by atoms with E-state index < -0.39 is 19.3 Å². The molecule has 1 rings (SSSR count). The van der Waals surface area contributed by atoms with E-state index in [-0.39, 0.29) is 6.00 Å². The lowest BCUT2D eigenvalue weighted by atomic mass is 9.84. The van der Waals surface area contributed by atoms with Crippen molar-refractivity contribution in [3.63, 3.8) is 0 Å². The highest BCUT2D eigenvalue weighted by molar-refractivity contribution is 7.55. The van der Waals surface area contributed by atoms with Gasteiger partial charge in [0.05, 0.1) is 17.7 Å². The first-order valence-corrected chi connectivity index (χ1v) is 6.01. The summed E-state index contributed by atoms with van der Waals surface area (Å²) >= 11 is 0. The average Bonchev–Trinajstić information content (AvgIpc) is 2.21. The topological polar surface area (TPSA) is 87.0 Å². The fourth-order valence-electron chi connectivity index (χ4n) is 1.35. The van der Waals surface area contributed by atoms with Crippen LogP contribution in [0, 0.1) is 0 Å². The van der Waals surface area contributed by atoms with Crippen LogP contribution in [0.5, 0.6) is 0 Å². The second kappa shape index (κ2) is 3.79. The van der Waals surface area contributed by atoms with Crippen molar-refractivity contribution in [1.29, 1.82) is 0 Å². The highest BCUT2D eigenvalue weighted by Crippen LogP contribution is 2.38. The molecule has 0 radical (unpaired) electrons. The fourth-order valence-corrected chi connectivity index (χ4v) is 1.77. The van der Waals surface area contributed by atoms with Crippen LogP contribution in [-0.4, -0.2) is 40.4 Å². The van der Waals surface area contributed by atoms with Gasteiger partial charge in [0, 0.05) is 12.2 Å². The lowest BCUT2D eigenvalue weighted by Gasteiger charge is -2.19. The summed E-state index contributed by atoms with van der Waals surface area (Å²) in [4.78, 5) is 17.2. The molecule has 0 aromatic rings. The zero-order chi connectivity index (χ0) is 11.0. The van der Waals surface area contributed by atoms with Crippen LogP contribution in [0.3, 0.4) is 0 Å². The molecule has 1 aliphatic heterocycles. The summed E-state index contributed by atoms with van der Waals surface area (Å²) in [6, 6.07) is -0.325. The van der Waals surface area contributed by atoms with Gasteiger partial charge < -0.3 is 19.6 Å². The van der Waals surface area contributed by atoms with Crippen LogP contribution >= 0.6 is 7.60 Å². The quantitative estimate of drug-likeness (QED) is 0.418. The molecule has 1 saturated heterocycles. The summed E-state index contributed by atoms with van der Waals surface area (Å²) in [6.45, 7) is 1.64. The molecule has 0 amide bonds. The molecule has 3 N–H and O–H groups in total. The van der Waals surface area contributed by atoms with E-state index in [0.717, 1.165) is 5.82 Å². The molecule has 7 heteroatoms. The first-order valence-electron chi connectivity index (χ1n) is 4.33. The summed E-state index contributed by atoms with van der Waals surface area (Å²) in [7, 11) is -2.39. The summed E-state index contributed by atoms with van der Waals surface area (Å²) in [5.74, 6) is 0.811. The van der Waals surface area contributed by atoms with Crippen LogP contribution in [0.2, 0.25) is 0 Å². The summed E-state index contributed by atoms with van der Waals surface area (Å²) in [5.41, 5.74) is -0.927. The molecule has 0 bridgehead atoms. The zero-order valence-electron chi connectivity index (χ0n) is 8.12. The van der Waals surface area contributed by atoms with Crippen LogP contribution in [0.25, 0.3) is 0 Å². The van der Waals surface area contributed by atoms with E-state index >= 15 is 0 Å². The number of aliphatic hydroxyl groups is 1. The maximum Gasteiger partial charge on any atom is 0.348 e. The molecular weight excluding hydrogens is 206 g/mol. The van der Waals surface area contributed by atoms with Gasteiger partial charge in [-0.2, -0.15) is 0 Å². The Morgan fingerprint density at radius 3 is 2.57 bits per heavy atom. The first-order chi connectivity index (χ1) is 6.21. The monoisotopic (exact) mass is 220 g/mol. The van der Waals surface area contributed by atoms with Crippen LogP contribution in [0.4, 0.5) is 0 Å². The minimum Gasteiger partial charge on any atom is -0.388 e. The highest BCUT2D eigenvalue weighted by atomic mass is 31.2. The van der Waals surface area contributed by atoms with Crippen molar-refractivity contribution in [2.75, 3.05) is 0 Å². The van der Waals surface area contributed by atoms with Gasteiger partial charge in [0.1, 0.15) is 7.85 Å². The molecule has 3 atom stereocenters. The van der Waals surface area contributed by atoms with Crippen LogP contribution in [0.15, 0.2) is 11.9 Å². The largest absolute Gasteiger partial charge is 0.388 e. The molecule has 1 fully saturated rings. The van der Waals surface area contributed by atoms with Crippen LogP contribution < -0.4 is 0 Å². The van der Waals surface area contributed by atoms with Gasteiger partial charge in [0.15, 0.2) is 0 Å². The Balaban J connectivity index is 2.60. The van der Waals surface area contributed by atoms with E-state index in [0.29, 0.717) is 6.42 Å². The van der Waals surface area contributed by atoms with Crippen molar-refractivity contribution in [2.24, 2.45) is 0 Å². The third-order valence-electron chi connectivity index (χ3n) is 2.36. The molecule has 1 aliphatic rings. The molecule has 14 heavy (non-hydrogen) atoms. The summed E-state index contributed by atoms with van der Waals surface area (Å²) in [6.07, 6.45) is 1.23. The van der Waals surface area contributed by atoms with Gasteiger partial charge in [0.25, 0.3) is 0 Å². The fraction of sp³-hybridized carbons (Fsp3) is 0.714. The van der Waals surface area contributed by atoms with Gasteiger partial charge in [-0.1, -0.05) is 0 Å². The van der Waals surface area contributed by atoms with Crippen molar-refractivity contribution in [1.82, 2.24) is 0 Å². The van der Waals surface area contributed by atoms with Crippen molar-refractivity contribution >= 4 is 15.4 Å². The molecule has 1 heterocycles. The Kier molecular flexibility index (Phi) is 3.24. The van der Waals surface area contributed by atoms with Crippen LogP contribution in [0.1, 0.15) is 13.3 Å². The van der Waals surface area contributed by atoms with Gasteiger partial charge >= 0.3 is 7.60 Å². The van der Waals surface area contributed by atoms with Crippen molar-refractivity contribution in [2.45, 2.75) is 31.1 Å². The van der Waals surface area contributed by atoms with E-state index in [1.54, 1.807) is 14.8 Å². The number of hydrogen-bond donors (Lipinski definition) is 3. The van der Waals surface area contributed by atoms with Gasteiger partial charge in [-0.15, -0.1) is 0 Å². The number of hydrogen-bond acceptors (Lipinski definition) is 3. The van der Waals surface area contributed by atoms with E-state index in [1.165, 1.54) is 6.08 Å². The Morgan fingerprint density at radius 2 is 2.21 bits per heavy atom. The molecule has 0 unspecified atom stereocenters. The molecule has 0 aromatic heterocycles. The van der Waals surface area contributed by atoms with E-state index in [4.69, 9.17) is 14.5 Å². The molecule has 0 aliphatic carbocycles. The van der Waals surface area contributed by atoms with Gasteiger partial charge in [-0.25, -0.2) is 0 Å². The Bertz CT molecular complexity index is 284. The minimum absolute atomic E-state index is 0.325. The Morgan fingerprint density at radius 1 is 1.64 bits per heavy atom. The molecule has 0 spiro atoms. The molecule has 5 nitrogen and oxygen atoms in total. The SMILES string of the molecule is B[C@@H]1O[C@H](/C=C/P(=O)(O)O)C[C@@]1(C)O. The Labute approximate surface area is 83.3 Å². The first kappa shape index (κ1) is 11.9. The van der Waals surface area contributed by atoms with Crippen LogP contribution in [-0.2, 0) is 9.30 Å². The number of rotatable bonds is 2. The Hall–Kier alpha value is -0.125. The predicted octanol–water partition coefficient (Wildman–Crippen LogP) is -0.823. The average molecular weight is 220 g/mol. The van der Waals surface area contributed by atoms with Gasteiger partial charge in [-0.3, -0.25) is 4.57 Å². The minimum atomic E-state index is -4.12. The van der Waals surface area contributed by atoms with E-state index in [2.05, 4.69) is 0 Å². The van der Waals surface area contributed by atoms with Gasteiger partial charge in [0.2, 0.25) is 0 Å². The predicted molar refractivity (Wildman–Crippen MR) is 53.6 cm³/mol. The maximum absolute atomic E-state index is 10.5. The standard InChI is InChI=1S/C7H14BO5P/c1-7(9)4-5(13-6(7)8)2-3-14(10,11)12/h2-3,5-6,9H,4,8H2,1H3,(H2,10,11,12)/b3-2+/t5-,6-,7-/m1/s1. The lowest BCUT2D eigenvalue weighted by Crippen LogP contribution is -2.34. The second-order valence-corrected chi connectivity index (χ2v) is 5.28. The van der Waals surface area contributed by atoms with Crippen molar-refractivity contribution in [3.05, 3.63) is 11.9 Å². The molecule has 0 aromatic carbocycles. The third-order valence-corrected chi connectivity index (χ3v) is 2.92. The molecule has 0 saturated carbocycles. The number of ether oxygens (including phenoxy) is 1. The maximum atomic E-state index is 10.5. The highest BCUT2D eigenvalue weighted by Gasteiger charge is 2.39. The second-order valence-electron chi connectivity index (χ2n) is 3.81. The van der Waals surface area contributed by atoms with E-state index in [1.807, 2.05) is 0 Å². The summed E-state index contributed by atoms with van der Waals surface area (Å²) < 4.78 is 15.8. The molecule has 80 valence electrons. The normalized spacial score (nSPS) is 39.4. The summed E-state index contributed by atoms with van der Waals surface area (Å²) in [5, 5.41) is 9.71. The zero-order valence-corrected chi connectivity index (χ0v) is 9.02. The smallest absolute Gasteiger partial charge is 0.348 e.